The highest BCUT2D eigenvalue weighted by Crippen LogP contribution is 2.37. The smallest absolute Gasteiger partial charge is 0.167 e. The molecule has 0 amide bonds. The Morgan fingerprint density at radius 1 is 1.00 bits per heavy atom. The van der Waals surface area contributed by atoms with Crippen molar-refractivity contribution in [1.29, 1.82) is 0 Å². The maximum atomic E-state index is 14.0. The number of ether oxygens (including phenoxy) is 2. The van der Waals surface area contributed by atoms with Crippen LogP contribution in [0.4, 0.5) is 10.1 Å². The zero-order chi connectivity index (χ0) is 20.1. The maximum Gasteiger partial charge on any atom is 0.167 e. The van der Waals surface area contributed by atoms with Crippen molar-refractivity contribution in [2.24, 2.45) is 0 Å². The third-order valence-corrected chi connectivity index (χ3v) is 5.44. The molecule has 0 aliphatic heterocycles. The highest BCUT2D eigenvalue weighted by molar-refractivity contribution is 9.10. The summed E-state index contributed by atoms with van der Waals surface area (Å²) < 4.78 is 26.3. The fourth-order valence-corrected chi connectivity index (χ4v) is 3.33. The van der Waals surface area contributed by atoms with E-state index in [2.05, 4.69) is 53.3 Å². The number of hydrogen-bond donors (Lipinski definition) is 1. The Kier molecular flexibility index (Phi) is 6.57. The molecular formula is C23H23BrFNO2. The van der Waals surface area contributed by atoms with Gasteiger partial charge in [0.05, 0.1) is 7.11 Å². The van der Waals surface area contributed by atoms with Crippen LogP contribution < -0.4 is 14.8 Å². The molecule has 0 unspecified atom stereocenters. The number of nitrogens with one attached hydrogen (secondary N) is 1. The fraction of sp³-hybridized carbons (Fsp3) is 0.217. The van der Waals surface area contributed by atoms with E-state index < -0.39 is 0 Å². The van der Waals surface area contributed by atoms with Gasteiger partial charge in [0.2, 0.25) is 0 Å². The molecule has 3 aromatic rings. The molecule has 1 N–H and O–H groups in total. The minimum Gasteiger partial charge on any atom is -0.493 e. The summed E-state index contributed by atoms with van der Waals surface area (Å²) in [5.41, 5.74) is 4.91. The van der Waals surface area contributed by atoms with Gasteiger partial charge in [0.15, 0.2) is 11.5 Å². The van der Waals surface area contributed by atoms with E-state index in [1.807, 2.05) is 12.1 Å². The largest absolute Gasteiger partial charge is 0.493 e. The van der Waals surface area contributed by atoms with E-state index in [1.54, 1.807) is 25.3 Å². The van der Waals surface area contributed by atoms with Crippen LogP contribution in [-0.2, 0) is 13.2 Å². The van der Waals surface area contributed by atoms with Crippen LogP contribution in [0.5, 0.6) is 11.5 Å². The first-order chi connectivity index (χ1) is 13.5. The van der Waals surface area contributed by atoms with Crippen molar-refractivity contribution in [2.45, 2.75) is 27.0 Å². The standard InChI is InChI=1S/C23H23BrFNO2/c1-15-8-9-18(12-16(15)2)26-13-19-20(24)10-11-22(27-3)23(19)28-14-17-6-4-5-7-21(17)25/h4-12,26H,13-14H2,1-3H3. The lowest BCUT2D eigenvalue weighted by molar-refractivity contribution is 0.276. The highest BCUT2D eigenvalue weighted by atomic mass is 79.9. The molecule has 3 nitrogen and oxygen atoms in total. The SMILES string of the molecule is COc1ccc(Br)c(CNc2ccc(C)c(C)c2)c1OCc1ccccc1F. The molecular weight excluding hydrogens is 421 g/mol. The molecule has 3 rings (SSSR count). The van der Waals surface area contributed by atoms with Gasteiger partial charge in [0, 0.05) is 27.8 Å². The molecule has 0 saturated carbocycles. The number of halogens is 2. The Morgan fingerprint density at radius 2 is 1.79 bits per heavy atom. The van der Waals surface area contributed by atoms with Crippen molar-refractivity contribution in [2.75, 3.05) is 12.4 Å². The number of benzene rings is 3. The van der Waals surface area contributed by atoms with Gasteiger partial charge in [0.1, 0.15) is 12.4 Å². The van der Waals surface area contributed by atoms with E-state index in [9.17, 15) is 4.39 Å². The van der Waals surface area contributed by atoms with E-state index in [0.29, 0.717) is 23.6 Å². The number of hydrogen-bond acceptors (Lipinski definition) is 3. The normalized spacial score (nSPS) is 10.6. The van der Waals surface area contributed by atoms with Crippen molar-refractivity contribution >= 4 is 21.6 Å². The second-order valence-corrected chi connectivity index (χ2v) is 7.44. The lowest BCUT2D eigenvalue weighted by Crippen LogP contribution is -2.07. The molecule has 0 saturated heterocycles. The molecule has 0 fully saturated rings. The molecule has 0 heterocycles. The highest BCUT2D eigenvalue weighted by Gasteiger charge is 2.16. The van der Waals surface area contributed by atoms with Gasteiger partial charge in [0.25, 0.3) is 0 Å². The van der Waals surface area contributed by atoms with E-state index >= 15 is 0 Å². The lowest BCUT2D eigenvalue weighted by atomic mass is 10.1. The zero-order valence-corrected chi connectivity index (χ0v) is 17.8. The average Bonchev–Trinajstić information content (AvgIpc) is 2.69. The van der Waals surface area contributed by atoms with Crippen molar-refractivity contribution in [3.05, 3.63) is 87.1 Å². The molecule has 0 aromatic heterocycles. The van der Waals surface area contributed by atoms with Crippen LogP contribution >= 0.6 is 15.9 Å². The molecule has 146 valence electrons. The van der Waals surface area contributed by atoms with Gasteiger partial charge in [-0.3, -0.25) is 0 Å². The summed E-state index contributed by atoms with van der Waals surface area (Å²) in [7, 11) is 1.60. The van der Waals surface area contributed by atoms with Crippen molar-refractivity contribution in [1.82, 2.24) is 0 Å². The van der Waals surface area contributed by atoms with Crippen molar-refractivity contribution in [3.8, 4) is 11.5 Å². The Labute approximate surface area is 173 Å². The maximum absolute atomic E-state index is 14.0. The summed E-state index contributed by atoms with van der Waals surface area (Å²) in [6, 6.07) is 16.6. The Bertz CT molecular complexity index is 975. The second kappa shape index (κ2) is 9.11. The van der Waals surface area contributed by atoms with Gasteiger partial charge in [-0.2, -0.15) is 0 Å². The topological polar surface area (TPSA) is 30.5 Å². The number of aryl methyl sites for hydroxylation is 2. The molecule has 3 aromatic carbocycles. The number of anilines is 1. The molecule has 28 heavy (non-hydrogen) atoms. The zero-order valence-electron chi connectivity index (χ0n) is 16.2. The third-order valence-electron chi connectivity index (χ3n) is 4.69. The van der Waals surface area contributed by atoms with Gasteiger partial charge >= 0.3 is 0 Å². The average molecular weight is 444 g/mol. The third kappa shape index (κ3) is 4.65. The van der Waals surface area contributed by atoms with Gasteiger partial charge in [-0.05, 0) is 55.3 Å². The van der Waals surface area contributed by atoms with Crippen LogP contribution in [0.3, 0.4) is 0 Å². The van der Waals surface area contributed by atoms with Crippen LogP contribution in [0.2, 0.25) is 0 Å². The molecule has 0 atom stereocenters. The van der Waals surface area contributed by atoms with Crippen LogP contribution in [0, 0.1) is 19.7 Å². The molecule has 0 radical (unpaired) electrons. The van der Waals surface area contributed by atoms with E-state index in [-0.39, 0.29) is 12.4 Å². The molecule has 0 aliphatic carbocycles. The molecule has 5 heteroatoms. The summed E-state index contributed by atoms with van der Waals surface area (Å²) in [5, 5.41) is 3.43. The van der Waals surface area contributed by atoms with E-state index in [1.165, 1.54) is 17.2 Å². The summed E-state index contributed by atoms with van der Waals surface area (Å²) >= 11 is 3.60. The summed E-state index contributed by atoms with van der Waals surface area (Å²) in [4.78, 5) is 0. The predicted molar refractivity (Wildman–Crippen MR) is 115 cm³/mol. The Morgan fingerprint density at radius 3 is 2.50 bits per heavy atom. The van der Waals surface area contributed by atoms with Crippen LogP contribution in [0.25, 0.3) is 0 Å². The Hall–Kier alpha value is -2.53. The van der Waals surface area contributed by atoms with Crippen molar-refractivity contribution in [3.63, 3.8) is 0 Å². The predicted octanol–water partition coefficient (Wildman–Crippen LogP) is 6.40. The minimum absolute atomic E-state index is 0.121. The molecule has 0 aliphatic rings. The minimum atomic E-state index is -0.286. The number of methoxy groups -OCH3 is 1. The monoisotopic (exact) mass is 443 g/mol. The quantitative estimate of drug-likeness (QED) is 0.457. The molecule has 0 spiro atoms. The van der Waals surface area contributed by atoms with Crippen LogP contribution in [0.1, 0.15) is 22.3 Å². The fourth-order valence-electron chi connectivity index (χ4n) is 2.87. The van der Waals surface area contributed by atoms with Gasteiger partial charge in [-0.25, -0.2) is 4.39 Å². The first kappa shape index (κ1) is 20.2. The second-order valence-electron chi connectivity index (χ2n) is 6.59. The van der Waals surface area contributed by atoms with Gasteiger partial charge < -0.3 is 14.8 Å². The van der Waals surface area contributed by atoms with Crippen LogP contribution in [-0.4, -0.2) is 7.11 Å². The lowest BCUT2D eigenvalue weighted by Gasteiger charge is -2.18. The molecule has 0 bridgehead atoms. The van der Waals surface area contributed by atoms with Crippen LogP contribution in [0.15, 0.2) is 59.1 Å². The van der Waals surface area contributed by atoms with Gasteiger partial charge in [-0.1, -0.05) is 40.2 Å². The first-order valence-corrected chi connectivity index (χ1v) is 9.81. The summed E-state index contributed by atoms with van der Waals surface area (Å²) in [5.74, 6) is 0.916. The number of rotatable bonds is 7. The Balaban J connectivity index is 1.85. The van der Waals surface area contributed by atoms with Gasteiger partial charge in [-0.15, -0.1) is 0 Å². The summed E-state index contributed by atoms with van der Waals surface area (Å²) in [6.07, 6.45) is 0. The summed E-state index contributed by atoms with van der Waals surface area (Å²) in [6.45, 7) is 4.83. The van der Waals surface area contributed by atoms with E-state index in [0.717, 1.165) is 15.7 Å². The van der Waals surface area contributed by atoms with E-state index in [4.69, 9.17) is 9.47 Å². The first-order valence-electron chi connectivity index (χ1n) is 9.02. The van der Waals surface area contributed by atoms with Crippen molar-refractivity contribution < 1.29 is 13.9 Å².